The number of carbonyl (C=O) groups excluding carboxylic acids is 1. The number of hydrogen-bond donors (Lipinski definition) is 0. The highest BCUT2D eigenvalue weighted by molar-refractivity contribution is 5.60. The average Bonchev–Trinajstić information content (AvgIpc) is 2.06. The van der Waals surface area contributed by atoms with Gasteiger partial charge in [0.25, 0.3) is 0 Å². The quantitative estimate of drug-likeness (QED) is 0.612. The third kappa shape index (κ3) is 1.87. The summed E-state index contributed by atoms with van der Waals surface area (Å²) >= 11 is 0. The summed E-state index contributed by atoms with van der Waals surface area (Å²) in [6, 6.07) is 0. The maximum absolute atomic E-state index is 11.4. The summed E-state index contributed by atoms with van der Waals surface area (Å²) in [5.41, 5.74) is 0.110. The molecular weight excluding hydrogens is 172 g/mol. The molecule has 80 valence electrons. The van der Waals surface area contributed by atoms with E-state index in [-0.39, 0.29) is 5.41 Å². The fourth-order valence-electron chi connectivity index (χ4n) is 3.17. The molecule has 0 spiro atoms. The van der Waals surface area contributed by atoms with Gasteiger partial charge in [-0.1, -0.05) is 38.5 Å². The molecule has 0 N–H and O–H groups in total. The van der Waals surface area contributed by atoms with E-state index in [9.17, 15) is 4.79 Å². The molecule has 2 aliphatic carbocycles. The lowest BCUT2D eigenvalue weighted by atomic mass is 9.61. The minimum atomic E-state index is 0.110. The monoisotopic (exact) mass is 194 g/mol. The van der Waals surface area contributed by atoms with Gasteiger partial charge in [-0.15, -0.1) is 0 Å². The highest BCUT2D eigenvalue weighted by Gasteiger charge is 2.40. The highest BCUT2D eigenvalue weighted by Crippen LogP contribution is 2.48. The molecule has 0 heterocycles. The van der Waals surface area contributed by atoms with Crippen molar-refractivity contribution in [2.75, 3.05) is 0 Å². The molecule has 0 bridgehead atoms. The predicted octanol–water partition coefficient (Wildman–Crippen LogP) is 3.72. The maximum Gasteiger partial charge on any atom is 0.126 e. The Hall–Kier alpha value is -0.330. The zero-order valence-electron chi connectivity index (χ0n) is 9.13. The van der Waals surface area contributed by atoms with Crippen molar-refractivity contribution in [3.05, 3.63) is 0 Å². The van der Waals surface area contributed by atoms with Crippen molar-refractivity contribution in [2.24, 2.45) is 11.3 Å². The van der Waals surface area contributed by atoms with Crippen molar-refractivity contribution >= 4 is 6.29 Å². The first-order valence-electron chi connectivity index (χ1n) is 6.34. The van der Waals surface area contributed by atoms with Gasteiger partial charge >= 0.3 is 0 Å². The van der Waals surface area contributed by atoms with E-state index in [0.717, 1.165) is 5.92 Å². The Labute approximate surface area is 87.3 Å². The van der Waals surface area contributed by atoms with Gasteiger partial charge in [-0.3, -0.25) is 0 Å². The number of carbonyl (C=O) groups is 1. The van der Waals surface area contributed by atoms with Crippen LogP contribution in [0.1, 0.15) is 64.2 Å². The minimum absolute atomic E-state index is 0.110. The molecular formula is C13H22O. The second-order valence-corrected chi connectivity index (χ2v) is 5.25. The Kier molecular flexibility index (Phi) is 3.25. The highest BCUT2D eigenvalue weighted by atomic mass is 16.1. The van der Waals surface area contributed by atoms with Crippen LogP contribution in [0.2, 0.25) is 0 Å². The summed E-state index contributed by atoms with van der Waals surface area (Å²) in [6.07, 6.45) is 14.3. The molecule has 2 fully saturated rings. The smallest absolute Gasteiger partial charge is 0.126 e. The number of rotatable bonds is 2. The molecule has 0 aromatic carbocycles. The normalized spacial score (nSPS) is 28.6. The van der Waals surface area contributed by atoms with Gasteiger partial charge in [0.2, 0.25) is 0 Å². The molecule has 1 nitrogen and oxygen atoms in total. The van der Waals surface area contributed by atoms with Gasteiger partial charge in [0, 0.05) is 5.41 Å². The first-order chi connectivity index (χ1) is 6.87. The summed E-state index contributed by atoms with van der Waals surface area (Å²) in [7, 11) is 0. The van der Waals surface area contributed by atoms with Crippen LogP contribution < -0.4 is 0 Å². The lowest BCUT2D eigenvalue weighted by Gasteiger charge is -2.42. The van der Waals surface area contributed by atoms with Crippen molar-refractivity contribution in [1.82, 2.24) is 0 Å². The summed E-state index contributed by atoms with van der Waals surface area (Å²) in [4.78, 5) is 11.4. The zero-order valence-corrected chi connectivity index (χ0v) is 9.13. The second kappa shape index (κ2) is 4.46. The summed E-state index contributed by atoms with van der Waals surface area (Å²) in [5.74, 6) is 0.748. The van der Waals surface area contributed by atoms with E-state index < -0.39 is 0 Å². The van der Waals surface area contributed by atoms with E-state index in [1.54, 1.807) is 0 Å². The van der Waals surface area contributed by atoms with E-state index in [4.69, 9.17) is 0 Å². The Morgan fingerprint density at radius 2 is 1.43 bits per heavy atom. The first-order valence-corrected chi connectivity index (χ1v) is 6.34. The summed E-state index contributed by atoms with van der Waals surface area (Å²) in [5, 5.41) is 0. The second-order valence-electron chi connectivity index (χ2n) is 5.25. The predicted molar refractivity (Wildman–Crippen MR) is 58.2 cm³/mol. The van der Waals surface area contributed by atoms with Crippen LogP contribution in [0.4, 0.5) is 0 Å². The van der Waals surface area contributed by atoms with Gasteiger partial charge in [-0.2, -0.15) is 0 Å². The van der Waals surface area contributed by atoms with Crippen LogP contribution in [0, 0.1) is 11.3 Å². The van der Waals surface area contributed by atoms with Crippen molar-refractivity contribution in [3.63, 3.8) is 0 Å². The van der Waals surface area contributed by atoms with Crippen LogP contribution in [0.25, 0.3) is 0 Å². The molecule has 0 aliphatic heterocycles. The van der Waals surface area contributed by atoms with Crippen LogP contribution in [-0.2, 0) is 4.79 Å². The van der Waals surface area contributed by atoms with E-state index >= 15 is 0 Å². The molecule has 14 heavy (non-hydrogen) atoms. The fraction of sp³-hybridized carbons (Fsp3) is 0.923. The molecule has 0 saturated heterocycles. The molecule has 0 atom stereocenters. The van der Waals surface area contributed by atoms with Crippen LogP contribution in [0.5, 0.6) is 0 Å². The van der Waals surface area contributed by atoms with Gasteiger partial charge in [-0.25, -0.2) is 0 Å². The Balaban J connectivity index is 2.01. The third-order valence-corrected chi connectivity index (χ3v) is 4.44. The van der Waals surface area contributed by atoms with Gasteiger partial charge in [0.05, 0.1) is 0 Å². The Bertz CT molecular complexity index is 185. The molecule has 0 aromatic heterocycles. The van der Waals surface area contributed by atoms with Crippen molar-refractivity contribution in [1.29, 1.82) is 0 Å². The van der Waals surface area contributed by atoms with Gasteiger partial charge in [-0.05, 0) is 31.6 Å². The molecule has 0 unspecified atom stereocenters. The molecule has 2 aliphatic rings. The van der Waals surface area contributed by atoms with Crippen LogP contribution >= 0.6 is 0 Å². The molecule has 0 amide bonds. The third-order valence-electron chi connectivity index (χ3n) is 4.44. The lowest BCUT2D eigenvalue weighted by Crippen LogP contribution is -2.37. The lowest BCUT2D eigenvalue weighted by molar-refractivity contribution is -0.122. The molecule has 2 saturated carbocycles. The maximum atomic E-state index is 11.4. The first kappa shape index (κ1) is 10.2. The van der Waals surface area contributed by atoms with Crippen molar-refractivity contribution in [2.45, 2.75) is 64.2 Å². The van der Waals surface area contributed by atoms with Crippen molar-refractivity contribution in [3.8, 4) is 0 Å². The minimum Gasteiger partial charge on any atom is -0.303 e. The van der Waals surface area contributed by atoms with Gasteiger partial charge < -0.3 is 4.79 Å². The van der Waals surface area contributed by atoms with E-state index in [2.05, 4.69) is 0 Å². The SMILES string of the molecule is O=CC1(C2CCC2)CCCCCCC1. The summed E-state index contributed by atoms with van der Waals surface area (Å²) < 4.78 is 0. The zero-order chi connectivity index (χ0) is 9.86. The van der Waals surface area contributed by atoms with Gasteiger partial charge in [0.1, 0.15) is 6.29 Å². The average molecular weight is 194 g/mol. The van der Waals surface area contributed by atoms with Crippen LogP contribution in [-0.4, -0.2) is 6.29 Å². The van der Waals surface area contributed by atoms with Crippen LogP contribution in [0.3, 0.4) is 0 Å². The van der Waals surface area contributed by atoms with Crippen molar-refractivity contribution < 1.29 is 4.79 Å². The number of aldehydes is 1. The molecule has 0 aromatic rings. The van der Waals surface area contributed by atoms with E-state index in [0.29, 0.717) is 0 Å². The standard InChI is InChI=1S/C13H22O/c14-11-13(12-7-6-8-12)9-4-2-1-3-5-10-13/h11-12H,1-10H2. The largest absolute Gasteiger partial charge is 0.303 e. The van der Waals surface area contributed by atoms with Gasteiger partial charge in [0.15, 0.2) is 0 Å². The number of hydrogen-bond acceptors (Lipinski definition) is 1. The Morgan fingerprint density at radius 3 is 1.86 bits per heavy atom. The van der Waals surface area contributed by atoms with E-state index in [1.807, 2.05) is 0 Å². The van der Waals surface area contributed by atoms with E-state index in [1.165, 1.54) is 70.5 Å². The molecule has 2 rings (SSSR count). The fourth-order valence-corrected chi connectivity index (χ4v) is 3.17. The molecule has 1 heteroatoms. The topological polar surface area (TPSA) is 17.1 Å². The Morgan fingerprint density at radius 1 is 0.857 bits per heavy atom. The van der Waals surface area contributed by atoms with Crippen LogP contribution in [0.15, 0.2) is 0 Å². The summed E-state index contributed by atoms with van der Waals surface area (Å²) in [6.45, 7) is 0. The molecule has 0 radical (unpaired) electrons.